The molecular formula is C21H24ClN3O5S. The van der Waals surface area contributed by atoms with E-state index < -0.39 is 15.9 Å². The lowest BCUT2D eigenvalue weighted by Crippen LogP contribution is -2.35. The van der Waals surface area contributed by atoms with Crippen LogP contribution in [0.25, 0.3) is 0 Å². The SMILES string of the molecule is CN(CC(=O)Nc1ccc(Cl)cc1)C(=O)c1cccc(S(=O)(=O)NCC2CCCO2)c1. The van der Waals surface area contributed by atoms with Crippen LogP contribution in [0.4, 0.5) is 5.69 Å². The Morgan fingerprint density at radius 3 is 2.61 bits per heavy atom. The summed E-state index contributed by atoms with van der Waals surface area (Å²) in [6.45, 7) is 0.620. The molecule has 2 amide bonds. The molecule has 1 aliphatic rings. The van der Waals surface area contributed by atoms with Crippen LogP contribution < -0.4 is 10.0 Å². The average molecular weight is 466 g/mol. The van der Waals surface area contributed by atoms with Crippen LogP contribution in [-0.2, 0) is 19.6 Å². The third-order valence-electron chi connectivity index (χ3n) is 4.77. The van der Waals surface area contributed by atoms with Crippen LogP contribution in [0.2, 0.25) is 5.02 Å². The van der Waals surface area contributed by atoms with Gasteiger partial charge in [0.2, 0.25) is 15.9 Å². The zero-order valence-corrected chi connectivity index (χ0v) is 18.6. The first-order valence-electron chi connectivity index (χ1n) is 9.77. The highest BCUT2D eigenvalue weighted by Crippen LogP contribution is 2.16. The van der Waals surface area contributed by atoms with Gasteiger partial charge in [-0.3, -0.25) is 9.59 Å². The number of amides is 2. The predicted molar refractivity (Wildman–Crippen MR) is 118 cm³/mol. The lowest BCUT2D eigenvalue weighted by Gasteiger charge is -2.17. The maximum absolute atomic E-state index is 12.7. The number of carbonyl (C=O) groups is 2. The number of sulfonamides is 1. The molecule has 1 unspecified atom stereocenters. The third-order valence-corrected chi connectivity index (χ3v) is 6.44. The van der Waals surface area contributed by atoms with Gasteiger partial charge in [0.15, 0.2) is 0 Å². The molecule has 1 fully saturated rings. The standard InChI is InChI=1S/C21H24ClN3O5S/c1-25(14-20(26)24-17-9-7-16(22)8-10-17)21(27)15-4-2-6-19(12-15)31(28,29)23-13-18-5-3-11-30-18/h2,4,6-10,12,18,23H,3,5,11,13-14H2,1H3,(H,24,26). The van der Waals surface area contributed by atoms with Crippen LogP contribution >= 0.6 is 11.6 Å². The van der Waals surface area contributed by atoms with E-state index in [2.05, 4.69) is 10.0 Å². The number of anilines is 1. The molecule has 166 valence electrons. The molecule has 0 saturated carbocycles. The molecule has 3 rings (SSSR count). The average Bonchev–Trinajstić information content (AvgIpc) is 3.27. The van der Waals surface area contributed by atoms with Gasteiger partial charge >= 0.3 is 0 Å². The maximum Gasteiger partial charge on any atom is 0.254 e. The summed E-state index contributed by atoms with van der Waals surface area (Å²) < 4.78 is 33.1. The van der Waals surface area contributed by atoms with Crippen molar-refractivity contribution in [1.82, 2.24) is 9.62 Å². The predicted octanol–water partition coefficient (Wildman–Crippen LogP) is 2.51. The molecular weight excluding hydrogens is 442 g/mol. The normalized spacial score (nSPS) is 16.1. The largest absolute Gasteiger partial charge is 0.377 e. The molecule has 0 bridgehead atoms. The highest BCUT2D eigenvalue weighted by molar-refractivity contribution is 7.89. The molecule has 2 N–H and O–H groups in total. The summed E-state index contributed by atoms with van der Waals surface area (Å²) in [5.74, 6) is -0.859. The van der Waals surface area contributed by atoms with E-state index in [0.29, 0.717) is 17.3 Å². The van der Waals surface area contributed by atoms with Crippen molar-refractivity contribution in [2.75, 3.05) is 32.1 Å². The number of halogens is 1. The van der Waals surface area contributed by atoms with E-state index >= 15 is 0 Å². The summed E-state index contributed by atoms with van der Waals surface area (Å²) in [5.41, 5.74) is 0.724. The van der Waals surface area contributed by atoms with Gasteiger partial charge in [-0.25, -0.2) is 13.1 Å². The van der Waals surface area contributed by atoms with E-state index in [-0.39, 0.29) is 35.6 Å². The molecule has 1 atom stereocenters. The van der Waals surface area contributed by atoms with Crippen molar-refractivity contribution >= 4 is 39.1 Å². The minimum Gasteiger partial charge on any atom is -0.377 e. The van der Waals surface area contributed by atoms with Crippen molar-refractivity contribution < 1.29 is 22.7 Å². The second-order valence-electron chi connectivity index (χ2n) is 7.23. The first-order chi connectivity index (χ1) is 14.7. The van der Waals surface area contributed by atoms with Crippen molar-refractivity contribution in [2.45, 2.75) is 23.8 Å². The van der Waals surface area contributed by atoms with E-state index in [1.807, 2.05) is 0 Å². The lowest BCUT2D eigenvalue weighted by molar-refractivity contribution is -0.116. The summed E-state index contributed by atoms with van der Waals surface area (Å²) in [7, 11) is -2.31. The number of hydrogen-bond acceptors (Lipinski definition) is 5. The molecule has 1 aliphatic heterocycles. The molecule has 10 heteroatoms. The van der Waals surface area contributed by atoms with E-state index in [1.165, 1.54) is 36.2 Å². The monoisotopic (exact) mass is 465 g/mol. The molecule has 1 saturated heterocycles. The smallest absolute Gasteiger partial charge is 0.254 e. The number of ether oxygens (including phenoxy) is 1. The van der Waals surface area contributed by atoms with E-state index in [4.69, 9.17) is 16.3 Å². The summed E-state index contributed by atoms with van der Waals surface area (Å²) in [6.07, 6.45) is 1.59. The molecule has 0 aliphatic carbocycles. The molecule has 0 spiro atoms. The van der Waals surface area contributed by atoms with Crippen LogP contribution in [0.5, 0.6) is 0 Å². The first-order valence-corrected chi connectivity index (χ1v) is 11.6. The molecule has 0 radical (unpaired) electrons. The number of likely N-dealkylation sites (N-methyl/N-ethyl adjacent to an activating group) is 1. The Balaban J connectivity index is 1.61. The van der Waals surface area contributed by atoms with Gasteiger partial charge in [0.05, 0.1) is 17.5 Å². The first kappa shape index (κ1) is 23.2. The van der Waals surface area contributed by atoms with Gasteiger partial charge in [-0.1, -0.05) is 17.7 Å². The third kappa shape index (κ3) is 6.51. The fraction of sp³-hybridized carbons (Fsp3) is 0.333. The molecule has 2 aromatic carbocycles. The van der Waals surface area contributed by atoms with Crippen molar-refractivity contribution in [3.05, 3.63) is 59.1 Å². The highest BCUT2D eigenvalue weighted by Gasteiger charge is 2.22. The Morgan fingerprint density at radius 2 is 1.94 bits per heavy atom. The number of carbonyl (C=O) groups excluding carboxylic acids is 2. The second-order valence-corrected chi connectivity index (χ2v) is 9.43. The van der Waals surface area contributed by atoms with Gasteiger partial charge in [-0.05, 0) is 55.3 Å². The fourth-order valence-corrected chi connectivity index (χ4v) is 4.37. The highest BCUT2D eigenvalue weighted by atomic mass is 35.5. The summed E-state index contributed by atoms with van der Waals surface area (Å²) in [6, 6.07) is 12.3. The summed E-state index contributed by atoms with van der Waals surface area (Å²) in [5, 5.41) is 3.22. The maximum atomic E-state index is 12.7. The zero-order chi connectivity index (χ0) is 22.4. The van der Waals surface area contributed by atoms with Crippen molar-refractivity contribution in [2.24, 2.45) is 0 Å². The quantitative estimate of drug-likeness (QED) is 0.623. The van der Waals surface area contributed by atoms with Crippen molar-refractivity contribution in [3.63, 3.8) is 0 Å². The fourth-order valence-electron chi connectivity index (χ4n) is 3.13. The minimum absolute atomic E-state index is 0.0182. The van der Waals surface area contributed by atoms with Crippen LogP contribution in [-0.4, -0.2) is 58.0 Å². The van der Waals surface area contributed by atoms with Crippen LogP contribution in [0.1, 0.15) is 23.2 Å². The van der Waals surface area contributed by atoms with Crippen LogP contribution in [0, 0.1) is 0 Å². The lowest BCUT2D eigenvalue weighted by atomic mass is 10.2. The van der Waals surface area contributed by atoms with Crippen LogP contribution in [0.15, 0.2) is 53.4 Å². The van der Waals surface area contributed by atoms with Gasteiger partial charge < -0.3 is 15.0 Å². The molecule has 2 aromatic rings. The molecule has 31 heavy (non-hydrogen) atoms. The number of nitrogens with zero attached hydrogens (tertiary/aromatic N) is 1. The topological polar surface area (TPSA) is 105 Å². The number of rotatable bonds is 8. The molecule has 8 nitrogen and oxygen atoms in total. The number of nitrogens with one attached hydrogen (secondary N) is 2. The molecule has 1 heterocycles. The molecule has 0 aromatic heterocycles. The zero-order valence-electron chi connectivity index (χ0n) is 17.0. The van der Waals surface area contributed by atoms with Gasteiger partial charge in [0.1, 0.15) is 0 Å². The van der Waals surface area contributed by atoms with Gasteiger partial charge in [0, 0.05) is 36.5 Å². The van der Waals surface area contributed by atoms with E-state index in [1.54, 1.807) is 24.3 Å². The van der Waals surface area contributed by atoms with Gasteiger partial charge in [-0.15, -0.1) is 0 Å². The Bertz CT molecular complexity index is 1040. The number of hydrogen-bond donors (Lipinski definition) is 2. The Kier molecular flexibility index (Phi) is 7.66. The van der Waals surface area contributed by atoms with Crippen molar-refractivity contribution in [1.29, 1.82) is 0 Å². The van der Waals surface area contributed by atoms with E-state index in [0.717, 1.165) is 12.8 Å². The number of benzene rings is 2. The van der Waals surface area contributed by atoms with E-state index in [9.17, 15) is 18.0 Å². The summed E-state index contributed by atoms with van der Waals surface area (Å²) >= 11 is 5.82. The Morgan fingerprint density at radius 1 is 1.19 bits per heavy atom. The Hall–Kier alpha value is -2.46. The van der Waals surface area contributed by atoms with Gasteiger partial charge in [0.25, 0.3) is 5.91 Å². The summed E-state index contributed by atoms with van der Waals surface area (Å²) in [4.78, 5) is 26.1. The van der Waals surface area contributed by atoms with Crippen molar-refractivity contribution in [3.8, 4) is 0 Å². The van der Waals surface area contributed by atoms with Gasteiger partial charge in [-0.2, -0.15) is 0 Å². The second kappa shape index (κ2) is 10.2. The van der Waals surface area contributed by atoms with Crippen LogP contribution in [0.3, 0.4) is 0 Å². The minimum atomic E-state index is -3.79. The Labute approximate surface area is 186 Å².